The Bertz CT molecular complexity index is 989. The van der Waals surface area contributed by atoms with Gasteiger partial charge in [0.1, 0.15) is 11.6 Å². The molecule has 0 fully saturated rings. The van der Waals surface area contributed by atoms with Crippen molar-refractivity contribution in [2.24, 2.45) is 0 Å². The van der Waals surface area contributed by atoms with E-state index in [9.17, 15) is 9.60 Å². The molecule has 0 aliphatic carbocycles. The fraction of sp³-hybridized carbons (Fsp3) is 0.278. The second-order valence-electron chi connectivity index (χ2n) is 6.52. The Morgan fingerprint density at radius 2 is 2.11 bits per heavy atom. The second-order valence-corrected chi connectivity index (χ2v) is 6.92. The number of hydroxylamine groups is 1. The minimum absolute atomic E-state index is 0.138. The van der Waals surface area contributed by atoms with Gasteiger partial charge in [-0.1, -0.05) is 11.6 Å². The molecule has 7 nitrogen and oxygen atoms in total. The molecule has 0 saturated carbocycles. The van der Waals surface area contributed by atoms with Gasteiger partial charge in [-0.3, -0.25) is 10.6 Å². The number of nitrogens with zero attached hydrogens (tertiary/aromatic N) is 4. The Morgan fingerprint density at radius 1 is 1.37 bits per heavy atom. The van der Waals surface area contributed by atoms with Crippen LogP contribution in [0, 0.1) is 11.2 Å². The van der Waals surface area contributed by atoms with Crippen LogP contribution < -0.4 is 5.06 Å². The number of hydrogen-bond donors (Lipinski definition) is 3. The molecule has 2 aromatic heterocycles. The van der Waals surface area contributed by atoms with Crippen LogP contribution >= 0.6 is 11.6 Å². The molecule has 1 atom stereocenters. The molecule has 1 aromatic carbocycles. The van der Waals surface area contributed by atoms with E-state index >= 15 is 0 Å². The van der Waals surface area contributed by atoms with Crippen LogP contribution in [0.2, 0.25) is 5.02 Å². The van der Waals surface area contributed by atoms with Crippen molar-refractivity contribution in [1.29, 1.82) is 5.41 Å². The van der Waals surface area contributed by atoms with Gasteiger partial charge >= 0.3 is 0 Å². The molecule has 142 valence electrons. The third-order valence-electron chi connectivity index (χ3n) is 4.43. The van der Waals surface area contributed by atoms with Gasteiger partial charge in [0.25, 0.3) is 0 Å². The highest BCUT2D eigenvalue weighted by Crippen LogP contribution is 2.24. The maximum atomic E-state index is 13.3. The number of imidazole rings is 1. The highest BCUT2D eigenvalue weighted by atomic mass is 35.5. The Balaban J connectivity index is 1.94. The maximum absolute atomic E-state index is 13.3. The van der Waals surface area contributed by atoms with E-state index in [0.29, 0.717) is 28.2 Å². The van der Waals surface area contributed by atoms with Gasteiger partial charge in [-0.25, -0.2) is 19.4 Å². The highest BCUT2D eigenvalue weighted by Gasteiger charge is 2.19. The van der Waals surface area contributed by atoms with E-state index in [-0.39, 0.29) is 22.6 Å². The average molecular weight is 391 g/mol. The zero-order chi connectivity index (χ0) is 19.7. The van der Waals surface area contributed by atoms with Crippen molar-refractivity contribution in [1.82, 2.24) is 19.9 Å². The SMILES string of the molecule is CC(Cc1nc2nccc(C(=N)N(O)c3ccc(F)c(Cl)c3)c2[nH]1)N(C)C. The van der Waals surface area contributed by atoms with E-state index in [1.165, 1.54) is 18.3 Å². The minimum atomic E-state index is -0.597. The molecule has 3 rings (SSSR count). The monoisotopic (exact) mass is 390 g/mol. The first-order chi connectivity index (χ1) is 12.8. The number of anilines is 1. The minimum Gasteiger partial charge on any atom is -0.340 e. The van der Waals surface area contributed by atoms with E-state index < -0.39 is 5.82 Å². The van der Waals surface area contributed by atoms with Crippen molar-refractivity contribution in [2.75, 3.05) is 19.2 Å². The van der Waals surface area contributed by atoms with Crippen molar-refractivity contribution in [3.63, 3.8) is 0 Å². The first-order valence-electron chi connectivity index (χ1n) is 8.31. The Hall–Kier alpha value is -2.55. The van der Waals surface area contributed by atoms with Crippen LogP contribution in [0.15, 0.2) is 30.5 Å². The summed E-state index contributed by atoms with van der Waals surface area (Å²) in [6.07, 6.45) is 2.21. The number of likely N-dealkylation sites (N-methyl/N-ethyl adjacent to an activating group) is 1. The highest BCUT2D eigenvalue weighted by molar-refractivity contribution is 6.31. The van der Waals surface area contributed by atoms with Crippen LogP contribution in [0.1, 0.15) is 18.3 Å². The molecule has 27 heavy (non-hydrogen) atoms. The molecule has 0 aliphatic heterocycles. The molecular formula is C18H20ClFN6O. The van der Waals surface area contributed by atoms with Gasteiger partial charge in [-0.05, 0) is 45.3 Å². The van der Waals surface area contributed by atoms with Crippen LogP contribution in [0.5, 0.6) is 0 Å². The fourth-order valence-corrected chi connectivity index (χ4v) is 2.75. The Labute approximate surface area is 160 Å². The van der Waals surface area contributed by atoms with E-state index in [1.54, 1.807) is 6.07 Å². The predicted molar refractivity (Wildman–Crippen MR) is 103 cm³/mol. The molecular weight excluding hydrogens is 371 g/mol. The molecule has 2 heterocycles. The van der Waals surface area contributed by atoms with Gasteiger partial charge in [0.2, 0.25) is 0 Å². The third-order valence-corrected chi connectivity index (χ3v) is 4.72. The van der Waals surface area contributed by atoms with Gasteiger partial charge in [0.15, 0.2) is 11.5 Å². The average Bonchev–Trinajstić information content (AvgIpc) is 3.05. The summed E-state index contributed by atoms with van der Waals surface area (Å²) in [4.78, 5) is 14.0. The van der Waals surface area contributed by atoms with Gasteiger partial charge < -0.3 is 9.88 Å². The molecule has 0 bridgehead atoms. The number of halogens is 2. The van der Waals surface area contributed by atoms with Crippen LogP contribution in [0.4, 0.5) is 10.1 Å². The Morgan fingerprint density at radius 3 is 2.78 bits per heavy atom. The molecule has 0 spiro atoms. The molecule has 3 aromatic rings. The number of rotatable bonds is 5. The van der Waals surface area contributed by atoms with Crippen LogP contribution in [-0.2, 0) is 6.42 Å². The molecule has 0 radical (unpaired) electrons. The lowest BCUT2D eigenvalue weighted by atomic mass is 10.2. The summed E-state index contributed by atoms with van der Waals surface area (Å²) in [5.74, 6) is -0.0610. The number of amidine groups is 1. The van der Waals surface area contributed by atoms with Crippen molar-refractivity contribution >= 4 is 34.3 Å². The molecule has 1 unspecified atom stereocenters. The van der Waals surface area contributed by atoms with Crippen LogP contribution in [0.25, 0.3) is 11.2 Å². The molecule has 0 aliphatic rings. The summed E-state index contributed by atoms with van der Waals surface area (Å²) in [6.45, 7) is 2.08. The number of aromatic nitrogens is 3. The van der Waals surface area contributed by atoms with Gasteiger partial charge in [-0.2, -0.15) is 0 Å². The molecule has 0 saturated heterocycles. The largest absolute Gasteiger partial charge is 0.340 e. The number of pyridine rings is 1. The van der Waals surface area contributed by atoms with Crippen LogP contribution in [-0.4, -0.2) is 51.0 Å². The zero-order valence-corrected chi connectivity index (χ0v) is 15.9. The summed E-state index contributed by atoms with van der Waals surface area (Å²) >= 11 is 5.77. The van der Waals surface area contributed by atoms with E-state index in [0.717, 1.165) is 11.9 Å². The standard InChI is InChI=1S/C18H20ClFN6O/c1-10(25(2)3)8-15-23-16-12(6-7-22-18(16)24-15)17(21)26(27)11-4-5-14(20)13(19)9-11/h4-7,9-10,21,27H,8H2,1-3H3,(H,22,23,24). The second kappa shape index (κ2) is 7.59. The quantitative estimate of drug-likeness (QED) is 0.352. The lowest BCUT2D eigenvalue weighted by molar-refractivity contribution is 0.309. The van der Waals surface area contributed by atoms with Crippen molar-refractivity contribution in [2.45, 2.75) is 19.4 Å². The molecule has 3 N–H and O–H groups in total. The summed E-state index contributed by atoms with van der Waals surface area (Å²) in [7, 11) is 3.98. The number of nitrogens with one attached hydrogen (secondary N) is 2. The lowest BCUT2D eigenvalue weighted by Gasteiger charge is -2.18. The van der Waals surface area contributed by atoms with Crippen molar-refractivity contribution in [3.8, 4) is 0 Å². The predicted octanol–water partition coefficient (Wildman–Crippen LogP) is 3.46. The third kappa shape index (κ3) is 3.92. The summed E-state index contributed by atoms with van der Waals surface area (Å²) in [5.41, 5.74) is 1.61. The summed E-state index contributed by atoms with van der Waals surface area (Å²) in [5, 5.41) is 19.3. The summed E-state index contributed by atoms with van der Waals surface area (Å²) < 4.78 is 13.3. The number of benzene rings is 1. The van der Waals surface area contributed by atoms with E-state index in [4.69, 9.17) is 17.0 Å². The van der Waals surface area contributed by atoms with Gasteiger partial charge in [0, 0.05) is 24.2 Å². The smallest absolute Gasteiger partial charge is 0.178 e. The first-order valence-corrected chi connectivity index (χ1v) is 8.68. The fourth-order valence-electron chi connectivity index (χ4n) is 2.58. The van der Waals surface area contributed by atoms with E-state index in [1.807, 2.05) is 14.1 Å². The molecule has 9 heteroatoms. The zero-order valence-electron chi connectivity index (χ0n) is 15.2. The molecule has 0 amide bonds. The number of fused-ring (bicyclic) bond motifs is 1. The Kier molecular flexibility index (Phi) is 5.41. The van der Waals surface area contributed by atoms with Crippen molar-refractivity contribution in [3.05, 3.63) is 52.7 Å². The first kappa shape index (κ1) is 19.2. The van der Waals surface area contributed by atoms with Crippen LogP contribution in [0.3, 0.4) is 0 Å². The lowest BCUT2D eigenvalue weighted by Crippen LogP contribution is -2.27. The van der Waals surface area contributed by atoms with Gasteiger partial charge in [0.05, 0.1) is 16.2 Å². The number of hydrogen-bond acceptors (Lipinski definition) is 5. The maximum Gasteiger partial charge on any atom is 0.178 e. The number of aromatic amines is 1. The number of H-pyrrole nitrogens is 1. The van der Waals surface area contributed by atoms with Gasteiger partial charge in [-0.15, -0.1) is 0 Å². The normalized spacial score (nSPS) is 12.6. The van der Waals surface area contributed by atoms with Crippen molar-refractivity contribution < 1.29 is 9.60 Å². The topological polar surface area (TPSA) is 92.1 Å². The summed E-state index contributed by atoms with van der Waals surface area (Å²) in [6, 6.07) is 5.60. The van der Waals surface area contributed by atoms with E-state index in [2.05, 4.69) is 26.8 Å².